The Kier molecular flexibility index (Phi) is 4.72. The van der Waals surface area contributed by atoms with E-state index in [0.717, 1.165) is 38.4 Å². The summed E-state index contributed by atoms with van der Waals surface area (Å²) in [7, 11) is 1.96. The summed E-state index contributed by atoms with van der Waals surface area (Å²) >= 11 is 0. The van der Waals surface area contributed by atoms with Crippen molar-refractivity contribution >= 4 is 0 Å². The molecule has 5 heteroatoms. The van der Waals surface area contributed by atoms with Gasteiger partial charge in [0.05, 0.1) is 19.0 Å². The van der Waals surface area contributed by atoms with Gasteiger partial charge < -0.3 is 9.73 Å². The van der Waals surface area contributed by atoms with Crippen LogP contribution < -0.4 is 5.32 Å². The summed E-state index contributed by atoms with van der Waals surface area (Å²) in [5, 5.41) is 7.87. The van der Waals surface area contributed by atoms with Crippen molar-refractivity contribution in [2.45, 2.75) is 31.8 Å². The zero-order valence-corrected chi connectivity index (χ0v) is 12.7. The highest BCUT2D eigenvalue weighted by Crippen LogP contribution is 2.14. The van der Waals surface area contributed by atoms with Crippen LogP contribution in [0.15, 0.2) is 35.2 Å². The molecule has 3 rings (SSSR count). The first-order chi connectivity index (χ1) is 10.3. The van der Waals surface area contributed by atoms with Crippen LogP contribution in [0, 0.1) is 0 Å². The van der Waals surface area contributed by atoms with E-state index in [-0.39, 0.29) is 0 Å². The average Bonchev–Trinajstić information content (AvgIpc) is 3.13. The van der Waals surface area contributed by atoms with Crippen molar-refractivity contribution in [2.75, 3.05) is 19.6 Å². The third kappa shape index (κ3) is 4.19. The topological polar surface area (TPSA) is 46.2 Å². The molecule has 1 aliphatic rings. The maximum absolute atomic E-state index is 5.41. The molecule has 1 saturated heterocycles. The Balaban J connectivity index is 1.34. The molecule has 0 amide bonds. The Labute approximate surface area is 125 Å². The standard InChI is InChI=1S/C16H24N4O/c1-19-12-14(11-18-19)4-7-17-15-5-8-20(9-6-15)13-16-3-2-10-21-16/h2-3,10-12,15,17H,4-9,13H2,1H3. The van der Waals surface area contributed by atoms with E-state index in [1.54, 1.807) is 6.26 Å². The van der Waals surface area contributed by atoms with Crippen LogP contribution in [0.2, 0.25) is 0 Å². The smallest absolute Gasteiger partial charge is 0.117 e. The van der Waals surface area contributed by atoms with Crippen LogP contribution >= 0.6 is 0 Å². The zero-order valence-electron chi connectivity index (χ0n) is 12.7. The van der Waals surface area contributed by atoms with Crippen molar-refractivity contribution in [3.8, 4) is 0 Å². The first-order valence-electron chi connectivity index (χ1n) is 7.75. The Hall–Kier alpha value is -1.59. The maximum Gasteiger partial charge on any atom is 0.117 e. The Morgan fingerprint density at radius 1 is 1.38 bits per heavy atom. The number of piperidine rings is 1. The fraction of sp³-hybridized carbons (Fsp3) is 0.562. The molecule has 2 aromatic heterocycles. The molecule has 2 aromatic rings. The fourth-order valence-corrected chi connectivity index (χ4v) is 2.94. The minimum Gasteiger partial charge on any atom is -0.468 e. The molecule has 114 valence electrons. The van der Waals surface area contributed by atoms with Gasteiger partial charge in [0.1, 0.15) is 5.76 Å². The second-order valence-electron chi connectivity index (χ2n) is 5.86. The van der Waals surface area contributed by atoms with Gasteiger partial charge in [-0.05, 0) is 43.5 Å². The van der Waals surface area contributed by atoms with Crippen molar-refractivity contribution in [1.29, 1.82) is 0 Å². The summed E-state index contributed by atoms with van der Waals surface area (Å²) in [5.74, 6) is 1.07. The van der Waals surface area contributed by atoms with E-state index in [1.165, 1.54) is 18.4 Å². The van der Waals surface area contributed by atoms with E-state index in [9.17, 15) is 0 Å². The molecule has 5 nitrogen and oxygen atoms in total. The van der Waals surface area contributed by atoms with Crippen LogP contribution in [0.5, 0.6) is 0 Å². The molecule has 0 spiro atoms. The predicted octanol–water partition coefficient (Wildman–Crippen LogP) is 1.81. The van der Waals surface area contributed by atoms with Gasteiger partial charge in [-0.3, -0.25) is 9.58 Å². The van der Waals surface area contributed by atoms with Crippen molar-refractivity contribution in [2.24, 2.45) is 7.05 Å². The number of likely N-dealkylation sites (tertiary alicyclic amines) is 1. The van der Waals surface area contributed by atoms with Crippen molar-refractivity contribution in [3.63, 3.8) is 0 Å². The number of hydrogen-bond donors (Lipinski definition) is 1. The van der Waals surface area contributed by atoms with Gasteiger partial charge in [-0.25, -0.2) is 0 Å². The number of nitrogens with one attached hydrogen (secondary N) is 1. The highest BCUT2D eigenvalue weighted by molar-refractivity contribution is 5.04. The lowest BCUT2D eigenvalue weighted by Gasteiger charge is -2.31. The van der Waals surface area contributed by atoms with Gasteiger partial charge in [0.25, 0.3) is 0 Å². The van der Waals surface area contributed by atoms with Gasteiger partial charge in [-0.2, -0.15) is 5.10 Å². The molecule has 0 radical (unpaired) electrons. The Bertz CT molecular complexity index is 526. The normalized spacial score (nSPS) is 17.4. The van der Waals surface area contributed by atoms with Crippen LogP contribution in [-0.2, 0) is 20.0 Å². The summed E-state index contributed by atoms with van der Waals surface area (Å²) in [5.41, 5.74) is 1.31. The fourth-order valence-electron chi connectivity index (χ4n) is 2.94. The van der Waals surface area contributed by atoms with Gasteiger partial charge in [0.2, 0.25) is 0 Å². The van der Waals surface area contributed by atoms with E-state index in [4.69, 9.17) is 4.42 Å². The van der Waals surface area contributed by atoms with E-state index >= 15 is 0 Å². The molecular weight excluding hydrogens is 264 g/mol. The minimum absolute atomic E-state index is 0.648. The number of rotatable bonds is 6. The van der Waals surface area contributed by atoms with Gasteiger partial charge in [-0.15, -0.1) is 0 Å². The zero-order chi connectivity index (χ0) is 14.5. The van der Waals surface area contributed by atoms with E-state index in [0.29, 0.717) is 6.04 Å². The molecule has 1 aliphatic heterocycles. The number of nitrogens with zero attached hydrogens (tertiary/aromatic N) is 3. The monoisotopic (exact) mass is 288 g/mol. The lowest BCUT2D eigenvalue weighted by atomic mass is 10.0. The van der Waals surface area contributed by atoms with Gasteiger partial charge in [-0.1, -0.05) is 0 Å². The summed E-state index contributed by atoms with van der Waals surface area (Å²) in [6.07, 6.45) is 9.28. The minimum atomic E-state index is 0.648. The van der Waals surface area contributed by atoms with Crippen molar-refractivity contribution < 1.29 is 4.42 Å². The lowest BCUT2D eigenvalue weighted by molar-refractivity contribution is 0.179. The van der Waals surface area contributed by atoms with Crippen LogP contribution in [-0.4, -0.2) is 40.4 Å². The second-order valence-corrected chi connectivity index (χ2v) is 5.86. The maximum atomic E-state index is 5.41. The summed E-state index contributed by atoms with van der Waals surface area (Å²) in [6.45, 7) is 4.26. The molecule has 1 fully saturated rings. The number of aromatic nitrogens is 2. The lowest BCUT2D eigenvalue weighted by Crippen LogP contribution is -2.42. The first kappa shape index (κ1) is 14.4. The molecule has 0 atom stereocenters. The van der Waals surface area contributed by atoms with Crippen LogP contribution in [0.4, 0.5) is 0 Å². The third-order valence-electron chi connectivity index (χ3n) is 4.15. The first-order valence-corrected chi connectivity index (χ1v) is 7.75. The second kappa shape index (κ2) is 6.91. The molecule has 1 N–H and O–H groups in total. The summed E-state index contributed by atoms with van der Waals surface area (Å²) < 4.78 is 7.28. The largest absolute Gasteiger partial charge is 0.468 e. The SMILES string of the molecule is Cn1cc(CCNC2CCN(Cc3ccco3)CC2)cn1. The van der Waals surface area contributed by atoms with Crippen molar-refractivity contribution in [3.05, 3.63) is 42.1 Å². The van der Waals surface area contributed by atoms with Crippen LogP contribution in [0.25, 0.3) is 0 Å². The average molecular weight is 288 g/mol. The molecular formula is C16H24N4O. The molecule has 0 bridgehead atoms. The summed E-state index contributed by atoms with van der Waals surface area (Å²) in [4.78, 5) is 2.47. The molecule has 0 unspecified atom stereocenters. The molecule has 0 aromatic carbocycles. The number of aryl methyl sites for hydroxylation is 1. The quantitative estimate of drug-likeness (QED) is 0.880. The van der Waals surface area contributed by atoms with E-state index in [1.807, 2.05) is 24.0 Å². The highest BCUT2D eigenvalue weighted by Gasteiger charge is 2.19. The summed E-state index contributed by atoms with van der Waals surface area (Å²) in [6, 6.07) is 4.66. The Morgan fingerprint density at radius 3 is 2.90 bits per heavy atom. The number of hydrogen-bond acceptors (Lipinski definition) is 4. The molecule has 21 heavy (non-hydrogen) atoms. The Morgan fingerprint density at radius 2 is 2.24 bits per heavy atom. The predicted molar refractivity (Wildman–Crippen MR) is 81.9 cm³/mol. The van der Waals surface area contributed by atoms with Crippen LogP contribution in [0.1, 0.15) is 24.2 Å². The van der Waals surface area contributed by atoms with Gasteiger partial charge >= 0.3 is 0 Å². The molecule has 0 saturated carbocycles. The third-order valence-corrected chi connectivity index (χ3v) is 4.15. The highest BCUT2D eigenvalue weighted by atomic mass is 16.3. The van der Waals surface area contributed by atoms with Gasteiger partial charge in [0, 0.05) is 32.4 Å². The molecule has 3 heterocycles. The van der Waals surface area contributed by atoms with Crippen LogP contribution in [0.3, 0.4) is 0 Å². The number of furan rings is 1. The molecule has 0 aliphatic carbocycles. The van der Waals surface area contributed by atoms with E-state index in [2.05, 4.69) is 27.6 Å². The van der Waals surface area contributed by atoms with E-state index < -0.39 is 0 Å². The van der Waals surface area contributed by atoms with Gasteiger partial charge in [0.15, 0.2) is 0 Å². The van der Waals surface area contributed by atoms with Crippen molar-refractivity contribution in [1.82, 2.24) is 20.0 Å².